The average molecular weight is 454 g/mol. The molecule has 0 bridgehead atoms. The first kappa shape index (κ1) is 22.3. The fourth-order valence-electron chi connectivity index (χ4n) is 2.96. The van der Waals surface area contributed by atoms with Crippen LogP contribution in [0.15, 0.2) is 42.7 Å². The van der Waals surface area contributed by atoms with E-state index >= 15 is 0 Å². The van der Waals surface area contributed by atoms with Crippen LogP contribution >= 0.6 is 11.6 Å². The van der Waals surface area contributed by atoms with E-state index in [0.29, 0.717) is 49.3 Å². The second kappa shape index (κ2) is 10.6. The standard InChI is InChI=1S/C19H24ClN5O4S/c20-16-3-5-17(6-4-16)29-15-18(26)21-9-2-14-30(27,28)25-12-10-24(11-13-25)19-22-7-1-8-23-19/h1,3-8H,2,9-15H2,(H,21,26). The van der Waals surface area contributed by atoms with Gasteiger partial charge in [-0.2, -0.15) is 4.31 Å². The van der Waals surface area contributed by atoms with Crippen molar-refractivity contribution in [2.45, 2.75) is 6.42 Å². The number of benzene rings is 1. The van der Waals surface area contributed by atoms with E-state index in [4.69, 9.17) is 16.3 Å². The Bertz CT molecular complexity index is 920. The molecule has 0 radical (unpaired) electrons. The maximum absolute atomic E-state index is 12.5. The number of nitrogens with one attached hydrogen (secondary N) is 1. The lowest BCUT2D eigenvalue weighted by molar-refractivity contribution is -0.123. The molecular formula is C19H24ClN5O4S. The van der Waals surface area contributed by atoms with Crippen LogP contribution in [0.2, 0.25) is 5.02 Å². The van der Waals surface area contributed by atoms with Gasteiger partial charge in [0.15, 0.2) is 6.61 Å². The van der Waals surface area contributed by atoms with Gasteiger partial charge in [-0.05, 0) is 36.8 Å². The Labute approximate surface area is 181 Å². The molecule has 1 aliphatic rings. The minimum absolute atomic E-state index is 0.0207. The van der Waals surface area contributed by atoms with Gasteiger partial charge in [-0.25, -0.2) is 18.4 Å². The second-order valence-electron chi connectivity index (χ2n) is 6.70. The number of ether oxygens (including phenoxy) is 1. The largest absolute Gasteiger partial charge is 0.484 e. The van der Waals surface area contributed by atoms with E-state index in [9.17, 15) is 13.2 Å². The van der Waals surface area contributed by atoms with Gasteiger partial charge in [-0.1, -0.05) is 11.6 Å². The highest BCUT2D eigenvalue weighted by molar-refractivity contribution is 7.89. The van der Waals surface area contributed by atoms with Gasteiger partial charge in [0.05, 0.1) is 5.75 Å². The van der Waals surface area contributed by atoms with Gasteiger partial charge >= 0.3 is 0 Å². The molecule has 0 atom stereocenters. The van der Waals surface area contributed by atoms with Crippen molar-refractivity contribution in [1.82, 2.24) is 19.6 Å². The fourth-order valence-corrected chi connectivity index (χ4v) is 4.58. The molecule has 1 aromatic heterocycles. The predicted octanol–water partition coefficient (Wildman–Crippen LogP) is 1.17. The summed E-state index contributed by atoms with van der Waals surface area (Å²) in [6.45, 7) is 1.99. The summed E-state index contributed by atoms with van der Waals surface area (Å²) < 4.78 is 31.9. The number of sulfonamides is 1. The third-order valence-electron chi connectivity index (χ3n) is 4.55. The summed E-state index contributed by atoms with van der Waals surface area (Å²) in [6.07, 6.45) is 3.66. The number of carbonyl (C=O) groups excluding carboxylic acids is 1. The van der Waals surface area contributed by atoms with E-state index in [1.165, 1.54) is 4.31 Å². The van der Waals surface area contributed by atoms with E-state index < -0.39 is 10.0 Å². The van der Waals surface area contributed by atoms with Gasteiger partial charge in [0.25, 0.3) is 5.91 Å². The molecule has 0 aliphatic carbocycles. The zero-order chi connectivity index (χ0) is 21.4. The molecule has 1 fully saturated rings. The number of hydrogen-bond acceptors (Lipinski definition) is 7. The summed E-state index contributed by atoms with van der Waals surface area (Å²) >= 11 is 5.79. The van der Waals surface area contributed by atoms with E-state index in [2.05, 4.69) is 15.3 Å². The van der Waals surface area contributed by atoms with Crippen LogP contribution in [-0.4, -0.2) is 73.7 Å². The highest BCUT2D eigenvalue weighted by Crippen LogP contribution is 2.15. The number of hydrogen-bond donors (Lipinski definition) is 1. The van der Waals surface area contributed by atoms with Crippen LogP contribution in [0, 0.1) is 0 Å². The molecule has 1 N–H and O–H groups in total. The molecule has 1 aliphatic heterocycles. The summed E-state index contributed by atoms with van der Waals surface area (Å²) in [5.41, 5.74) is 0. The SMILES string of the molecule is O=C(COc1ccc(Cl)cc1)NCCCS(=O)(=O)N1CCN(c2ncccn2)CC1. The molecular weight excluding hydrogens is 430 g/mol. The van der Waals surface area contributed by atoms with Crippen LogP contribution in [0.4, 0.5) is 5.95 Å². The van der Waals surface area contributed by atoms with Crippen molar-refractivity contribution in [2.24, 2.45) is 0 Å². The lowest BCUT2D eigenvalue weighted by atomic mass is 10.3. The molecule has 0 unspecified atom stereocenters. The molecule has 30 heavy (non-hydrogen) atoms. The Hall–Kier alpha value is -2.43. The first-order chi connectivity index (χ1) is 14.4. The minimum Gasteiger partial charge on any atom is -0.484 e. The number of carbonyl (C=O) groups is 1. The molecule has 9 nitrogen and oxygen atoms in total. The van der Waals surface area contributed by atoms with Crippen LogP contribution in [-0.2, 0) is 14.8 Å². The van der Waals surface area contributed by atoms with E-state index in [1.54, 1.807) is 42.7 Å². The van der Waals surface area contributed by atoms with Crippen molar-refractivity contribution in [3.05, 3.63) is 47.7 Å². The molecule has 1 amide bonds. The first-order valence-corrected chi connectivity index (χ1v) is 11.6. The third-order valence-corrected chi connectivity index (χ3v) is 6.76. The number of halogens is 1. The van der Waals surface area contributed by atoms with Crippen LogP contribution in [0.3, 0.4) is 0 Å². The Morgan fingerprint density at radius 1 is 1.10 bits per heavy atom. The summed E-state index contributed by atoms with van der Waals surface area (Å²) in [4.78, 5) is 22.2. The Balaban J connectivity index is 1.34. The van der Waals surface area contributed by atoms with E-state index in [0.717, 1.165) is 0 Å². The molecule has 11 heteroatoms. The van der Waals surface area contributed by atoms with Gasteiger partial charge in [-0.3, -0.25) is 4.79 Å². The van der Waals surface area contributed by atoms with Crippen LogP contribution in [0.25, 0.3) is 0 Å². The van der Waals surface area contributed by atoms with Crippen molar-refractivity contribution < 1.29 is 17.9 Å². The number of amides is 1. The lowest BCUT2D eigenvalue weighted by Gasteiger charge is -2.33. The van der Waals surface area contributed by atoms with Crippen molar-refractivity contribution in [1.29, 1.82) is 0 Å². The van der Waals surface area contributed by atoms with Gasteiger partial charge in [0.2, 0.25) is 16.0 Å². The van der Waals surface area contributed by atoms with Crippen LogP contribution < -0.4 is 15.0 Å². The Kier molecular flexibility index (Phi) is 7.83. The summed E-state index contributed by atoms with van der Waals surface area (Å²) in [5.74, 6) is 0.821. The van der Waals surface area contributed by atoms with Gasteiger partial charge in [0, 0.05) is 50.1 Å². The highest BCUT2D eigenvalue weighted by atomic mass is 35.5. The summed E-state index contributed by atoms with van der Waals surface area (Å²) in [5, 5.41) is 3.26. The molecule has 0 saturated carbocycles. The Morgan fingerprint density at radius 2 is 1.77 bits per heavy atom. The maximum atomic E-state index is 12.5. The lowest BCUT2D eigenvalue weighted by Crippen LogP contribution is -2.50. The normalized spacial score (nSPS) is 15.0. The zero-order valence-corrected chi connectivity index (χ0v) is 18.0. The quantitative estimate of drug-likeness (QED) is 0.568. The predicted molar refractivity (Wildman–Crippen MR) is 114 cm³/mol. The van der Waals surface area contributed by atoms with Crippen molar-refractivity contribution in [2.75, 3.05) is 50.0 Å². The molecule has 2 heterocycles. The second-order valence-corrected chi connectivity index (χ2v) is 9.22. The molecule has 3 rings (SSSR count). The minimum atomic E-state index is -3.38. The Morgan fingerprint density at radius 3 is 2.43 bits per heavy atom. The van der Waals surface area contributed by atoms with E-state index in [1.807, 2.05) is 4.90 Å². The number of aromatic nitrogens is 2. The average Bonchev–Trinajstić information content (AvgIpc) is 2.77. The van der Waals surface area contributed by atoms with Crippen LogP contribution in [0.5, 0.6) is 5.75 Å². The molecule has 1 saturated heterocycles. The molecule has 162 valence electrons. The van der Waals surface area contributed by atoms with E-state index in [-0.39, 0.29) is 24.8 Å². The van der Waals surface area contributed by atoms with Crippen molar-refractivity contribution in [3.8, 4) is 5.75 Å². The fraction of sp³-hybridized carbons (Fsp3) is 0.421. The number of rotatable bonds is 9. The van der Waals surface area contributed by atoms with Crippen molar-refractivity contribution in [3.63, 3.8) is 0 Å². The number of anilines is 1. The summed E-state index contributed by atoms with van der Waals surface area (Å²) in [6, 6.07) is 8.43. The smallest absolute Gasteiger partial charge is 0.257 e. The monoisotopic (exact) mass is 453 g/mol. The topological polar surface area (TPSA) is 105 Å². The van der Waals surface area contributed by atoms with Gasteiger partial charge in [0.1, 0.15) is 5.75 Å². The van der Waals surface area contributed by atoms with Gasteiger partial charge in [-0.15, -0.1) is 0 Å². The summed E-state index contributed by atoms with van der Waals surface area (Å²) in [7, 11) is -3.38. The maximum Gasteiger partial charge on any atom is 0.257 e. The number of nitrogens with zero attached hydrogens (tertiary/aromatic N) is 4. The highest BCUT2D eigenvalue weighted by Gasteiger charge is 2.27. The molecule has 2 aromatic rings. The first-order valence-electron chi connectivity index (χ1n) is 9.59. The van der Waals surface area contributed by atoms with Gasteiger partial charge < -0.3 is 15.0 Å². The zero-order valence-electron chi connectivity index (χ0n) is 16.4. The third kappa shape index (κ3) is 6.54. The van der Waals surface area contributed by atoms with Crippen LogP contribution in [0.1, 0.15) is 6.42 Å². The van der Waals surface area contributed by atoms with Crippen molar-refractivity contribution >= 4 is 33.5 Å². The molecule has 1 aromatic carbocycles. The molecule has 0 spiro atoms. The number of piperazine rings is 1.